The van der Waals surface area contributed by atoms with Crippen LogP contribution in [0.4, 0.5) is 5.69 Å². The number of carbonyl (C=O) groups is 3. The first-order valence-electron chi connectivity index (χ1n) is 9.25. The van der Waals surface area contributed by atoms with Crippen LogP contribution in [-0.4, -0.2) is 23.5 Å². The third kappa shape index (κ3) is 4.52. The summed E-state index contributed by atoms with van der Waals surface area (Å²) >= 11 is 1.47. The molecule has 7 heteroatoms. The normalized spacial score (nSPS) is 12.3. The molecular formula is C23H18N2O4S. The van der Waals surface area contributed by atoms with Crippen LogP contribution < -0.4 is 15.4 Å². The first kappa shape index (κ1) is 19.7. The first-order valence-corrected chi connectivity index (χ1v) is 10.2. The quantitative estimate of drug-likeness (QED) is 0.458. The molecule has 0 aromatic heterocycles. The average Bonchev–Trinajstić information content (AvgIpc) is 3.01. The number of thioether (sulfide) groups is 1. The Kier molecular flexibility index (Phi) is 5.54. The number of hydrogen-bond acceptors (Lipinski definition) is 5. The van der Waals surface area contributed by atoms with Crippen molar-refractivity contribution >= 4 is 35.2 Å². The highest BCUT2D eigenvalue weighted by molar-refractivity contribution is 8.00. The lowest BCUT2D eigenvalue weighted by molar-refractivity contribution is -0.113. The van der Waals surface area contributed by atoms with E-state index in [2.05, 4.69) is 10.6 Å². The maximum Gasteiger partial charge on any atom is 0.259 e. The van der Waals surface area contributed by atoms with Crippen LogP contribution in [0.3, 0.4) is 0 Å². The van der Waals surface area contributed by atoms with Crippen molar-refractivity contribution in [2.75, 3.05) is 11.1 Å². The van der Waals surface area contributed by atoms with E-state index in [1.54, 1.807) is 36.4 Å². The summed E-state index contributed by atoms with van der Waals surface area (Å²) in [5.41, 5.74) is 2.40. The molecule has 2 N–H and O–H groups in total. The molecule has 1 heterocycles. The van der Waals surface area contributed by atoms with Gasteiger partial charge in [-0.1, -0.05) is 23.8 Å². The monoisotopic (exact) mass is 418 g/mol. The molecule has 0 atom stereocenters. The van der Waals surface area contributed by atoms with Crippen LogP contribution in [-0.2, 0) is 4.79 Å². The number of nitrogens with one attached hydrogen (secondary N) is 2. The Morgan fingerprint density at radius 1 is 0.933 bits per heavy atom. The van der Waals surface area contributed by atoms with Crippen LogP contribution in [0.1, 0.15) is 26.3 Å². The zero-order valence-corrected chi connectivity index (χ0v) is 16.9. The van der Waals surface area contributed by atoms with Crippen LogP contribution in [0, 0.1) is 6.92 Å². The Bertz CT molecular complexity index is 1140. The maximum atomic E-state index is 12.3. The van der Waals surface area contributed by atoms with Gasteiger partial charge in [0.05, 0.1) is 16.9 Å². The molecule has 0 fully saturated rings. The third-order valence-corrected chi connectivity index (χ3v) is 5.46. The highest BCUT2D eigenvalue weighted by Gasteiger charge is 2.26. The minimum atomic E-state index is -0.437. The van der Waals surface area contributed by atoms with Crippen molar-refractivity contribution in [1.29, 1.82) is 0 Å². The zero-order chi connectivity index (χ0) is 21.1. The van der Waals surface area contributed by atoms with Gasteiger partial charge in [0.1, 0.15) is 11.5 Å². The number of aryl methyl sites for hydroxylation is 1. The molecule has 3 aromatic carbocycles. The number of hydrogen-bond donors (Lipinski definition) is 2. The van der Waals surface area contributed by atoms with Gasteiger partial charge in [0, 0.05) is 16.6 Å². The molecule has 1 aliphatic heterocycles. The molecule has 6 nitrogen and oxygen atoms in total. The van der Waals surface area contributed by atoms with Crippen molar-refractivity contribution in [3.8, 4) is 11.5 Å². The summed E-state index contributed by atoms with van der Waals surface area (Å²) in [5.74, 6) is 0.260. The molecule has 0 aliphatic carbocycles. The van der Waals surface area contributed by atoms with E-state index in [1.165, 1.54) is 23.4 Å². The topological polar surface area (TPSA) is 84.5 Å². The van der Waals surface area contributed by atoms with Gasteiger partial charge in [0.2, 0.25) is 5.91 Å². The second kappa shape index (κ2) is 8.42. The highest BCUT2D eigenvalue weighted by atomic mass is 32.2. The lowest BCUT2D eigenvalue weighted by Crippen LogP contribution is -2.19. The van der Waals surface area contributed by atoms with E-state index in [0.29, 0.717) is 28.5 Å². The number of benzene rings is 3. The summed E-state index contributed by atoms with van der Waals surface area (Å²) in [4.78, 5) is 36.7. The Balaban J connectivity index is 1.39. The second-order valence-electron chi connectivity index (χ2n) is 6.77. The van der Waals surface area contributed by atoms with Crippen LogP contribution >= 0.6 is 11.8 Å². The molecular weight excluding hydrogens is 400 g/mol. The number of ether oxygens (including phenoxy) is 1. The van der Waals surface area contributed by atoms with E-state index in [-0.39, 0.29) is 11.5 Å². The van der Waals surface area contributed by atoms with Gasteiger partial charge in [0.25, 0.3) is 11.8 Å². The fourth-order valence-electron chi connectivity index (χ4n) is 2.96. The van der Waals surface area contributed by atoms with Crippen LogP contribution in [0.25, 0.3) is 0 Å². The number of anilines is 1. The van der Waals surface area contributed by atoms with Gasteiger partial charge in [-0.3, -0.25) is 19.7 Å². The molecule has 3 amide bonds. The molecule has 3 aromatic rings. The van der Waals surface area contributed by atoms with Gasteiger partial charge >= 0.3 is 0 Å². The van der Waals surface area contributed by atoms with Crippen molar-refractivity contribution in [2.24, 2.45) is 0 Å². The number of carbonyl (C=O) groups excluding carboxylic acids is 3. The van der Waals surface area contributed by atoms with Crippen molar-refractivity contribution in [3.05, 3.63) is 83.4 Å². The van der Waals surface area contributed by atoms with Crippen molar-refractivity contribution in [1.82, 2.24) is 5.32 Å². The van der Waals surface area contributed by atoms with Gasteiger partial charge in [-0.2, -0.15) is 0 Å². The Morgan fingerprint density at radius 2 is 1.67 bits per heavy atom. The second-order valence-corrected chi connectivity index (χ2v) is 7.82. The summed E-state index contributed by atoms with van der Waals surface area (Å²) < 4.78 is 5.80. The van der Waals surface area contributed by atoms with Crippen molar-refractivity contribution in [3.63, 3.8) is 0 Å². The first-order chi connectivity index (χ1) is 14.5. The van der Waals surface area contributed by atoms with Crippen LogP contribution in [0.15, 0.2) is 71.6 Å². The minimum Gasteiger partial charge on any atom is -0.457 e. The number of imide groups is 1. The minimum absolute atomic E-state index is 0.120. The van der Waals surface area contributed by atoms with E-state index >= 15 is 0 Å². The Hall–Kier alpha value is -3.58. The lowest BCUT2D eigenvalue weighted by Gasteiger charge is -2.10. The van der Waals surface area contributed by atoms with E-state index in [1.807, 2.05) is 31.2 Å². The fraction of sp³-hybridized carbons (Fsp3) is 0.0870. The summed E-state index contributed by atoms with van der Waals surface area (Å²) in [6, 6.07) is 19.7. The summed E-state index contributed by atoms with van der Waals surface area (Å²) in [6.07, 6.45) is 0. The van der Waals surface area contributed by atoms with Gasteiger partial charge in [-0.05, 0) is 49.4 Å². The summed E-state index contributed by atoms with van der Waals surface area (Å²) in [7, 11) is 0. The standard InChI is InChI=1S/C23H18N2O4S/c1-14-5-8-18(9-6-14)30-13-21(26)24-15-3-2-4-16(11-15)29-17-7-10-19-20(12-17)23(28)25-22(19)27/h2-12H,13H2,1H3,(H,24,26)(H,25,27,28). The number of amides is 3. The van der Waals surface area contributed by atoms with Crippen molar-refractivity contribution < 1.29 is 19.1 Å². The predicted molar refractivity (Wildman–Crippen MR) is 115 cm³/mol. The highest BCUT2D eigenvalue weighted by Crippen LogP contribution is 2.28. The average molecular weight is 418 g/mol. The molecule has 0 radical (unpaired) electrons. The number of rotatable bonds is 6. The van der Waals surface area contributed by atoms with E-state index in [0.717, 1.165) is 4.90 Å². The van der Waals surface area contributed by atoms with Crippen molar-refractivity contribution in [2.45, 2.75) is 11.8 Å². The van der Waals surface area contributed by atoms with Gasteiger partial charge < -0.3 is 10.1 Å². The van der Waals surface area contributed by atoms with Gasteiger partial charge in [-0.15, -0.1) is 11.8 Å². The van der Waals surface area contributed by atoms with Gasteiger partial charge in [-0.25, -0.2) is 0 Å². The lowest BCUT2D eigenvalue weighted by atomic mass is 10.1. The Morgan fingerprint density at radius 3 is 2.47 bits per heavy atom. The maximum absolute atomic E-state index is 12.3. The predicted octanol–water partition coefficient (Wildman–Crippen LogP) is 4.40. The summed E-state index contributed by atoms with van der Waals surface area (Å²) in [6.45, 7) is 2.02. The summed E-state index contributed by atoms with van der Waals surface area (Å²) in [5, 5.41) is 5.10. The Labute approximate surface area is 177 Å². The molecule has 0 saturated carbocycles. The zero-order valence-electron chi connectivity index (χ0n) is 16.1. The fourth-order valence-corrected chi connectivity index (χ4v) is 3.66. The van der Waals surface area contributed by atoms with E-state index < -0.39 is 11.8 Å². The van der Waals surface area contributed by atoms with Crippen LogP contribution in [0.5, 0.6) is 11.5 Å². The van der Waals surface area contributed by atoms with E-state index in [4.69, 9.17) is 4.74 Å². The van der Waals surface area contributed by atoms with E-state index in [9.17, 15) is 14.4 Å². The van der Waals surface area contributed by atoms with Gasteiger partial charge in [0.15, 0.2) is 0 Å². The third-order valence-electron chi connectivity index (χ3n) is 4.45. The molecule has 150 valence electrons. The molecule has 4 rings (SSSR count). The molecule has 0 bridgehead atoms. The molecule has 0 saturated heterocycles. The SMILES string of the molecule is Cc1ccc(SCC(=O)Nc2cccc(Oc3ccc4c(c3)C(=O)NC4=O)c2)cc1. The molecule has 0 spiro atoms. The largest absolute Gasteiger partial charge is 0.457 e. The van der Waals surface area contributed by atoms with Crippen LogP contribution in [0.2, 0.25) is 0 Å². The molecule has 1 aliphatic rings. The molecule has 30 heavy (non-hydrogen) atoms. The smallest absolute Gasteiger partial charge is 0.259 e. The molecule has 0 unspecified atom stereocenters. The number of fused-ring (bicyclic) bond motifs is 1.